The number of carbonyl (C=O) groups excluding carboxylic acids is 1. The molecule has 2 heterocycles. The van der Waals surface area contributed by atoms with Crippen molar-refractivity contribution in [1.82, 2.24) is 9.88 Å². The van der Waals surface area contributed by atoms with Gasteiger partial charge >= 0.3 is 0 Å². The normalized spacial score (nSPS) is 18.1. The van der Waals surface area contributed by atoms with Crippen molar-refractivity contribution in [3.8, 4) is 0 Å². The topological polar surface area (TPSA) is 45.3 Å². The fraction of sp³-hybridized carbons (Fsp3) is 0.526. The molecular weight excluding hydrogens is 288 g/mol. The van der Waals surface area contributed by atoms with Gasteiger partial charge in [-0.1, -0.05) is 12.1 Å². The zero-order valence-electron chi connectivity index (χ0n) is 14.5. The lowest BCUT2D eigenvalue weighted by Gasteiger charge is -2.24. The number of aromatic amines is 1. The zero-order valence-corrected chi connectivity index (χ0v) is 14.5. The maximum Gasteiger partial charge on any atom is 0.270 e. The molecule has 1 aromatic carbocycles. The van der Waals surface area contributed by atoms with Gasteiger partial charge < -0.3 is 14.6 Å². The molecule has 1 N–H and O–H groups in total. The molecule has 1 aliphatic heterocycles. The Bertz CT molecular complexity index is 733. The van der Waals surface area contributed by atoms with E-state index in [1.807, 2.05) is 18.7 Å². The van der Waals surface area contributed by atoms with Crippen molar-refractivity contribution in [2.75, 3.05) is 19.8 Å². The van der Waals surface area contributed by atoms with E-state index < -0.39 is 0 Å². The SMILES string of the molecule is CCOCC1CCCN1C(=O)c1[nH]c2c(C)ccc(C)c2c1C. The van der Waals surface area contributed by atoms with E-state index in [2.05, 4.69) is 31.0 Å². The summed E-state index contributed by atoms with van der Waals surface area (Å²) in [4.78, 5) is 18.5. The molecule has 0 radical (unpaired) electrons. The summed E-state index contributed by atoms with van der Waals surface area (Å²) in [6.45, 7) is 10.4. The Hall–Kier alpha value is -1.81. The van der Waals surface area contributed by atoms with Crippen LogP contribution < -0.4 is 0 Å². The number of carbonyl (C=O) groups is 1. The number of hydrogen-bond acceptors (Lipinski definition) is 2. The largest absolute Gasteiger partial charge is 0.380 e. The quantitative estimate of drug-likeness (QED) is 0.934. The van der Waals surface area contributed by atoms with E-state index in [0.717, 1.165) is 36.2 Å². The van der Waals surface area contributed by atoms with Crippen LogP contribution in [0.4, 0.5) is 0 Å². The maximum absolute atomic E-state index is 13.1. The molecular formula is C19H26N2O2. The van der Waals surface area contributed by atoms with Crippen LogP contribution in [0.5, 0.6) is 0 Å². The van der Waals surface area contributed by atoms with E-state index in [9.17, 15) is 4.79 Å². The number of aryl methyl sites for hydroxylation is 3. The molecule has 4 heteroatoms. The number of benzene rings is 1. The standard InChI is InChI=1S/C19H26N2O2/c1-5-23-11-15-7-6-10-21(15)19(22)18-14(4)16-12(2)8-9-13(3)17(16)20-18/h8-9,15,20H,5-7,10-11H2,1-4H3. The summed E-state index contributed by atoms with van der Waals surface area (Å²) >= 11 is 0. The first kappa shape index (κ1) is 16.1. The average molecular weight is 314 g/mol. The van der Waals surface area contributed by atoms with Crippen LogP contribution in [-0.4, -0.2) is 41.6 Å². The minimum atomic E-state index is 0.111. The van der Waals surface area contributed by atoms with Crippen molar-refractivity contribution in [3.05, 3.63) is 34.5 Å². The van der Waals surface area contributed by atoms with Gasteiger partial charge in [0.1, 0.15) is 5.69 Å². The highest BCUT2D eigenvalue weighted by molar-refractivity contribution is 6.02. The molecule has 4 nitrogen and oxygen atoms in total. The van der Waals surface area contributed by atoms with Gasteiger partial charge in [-0.25, -0.2) is 0 Å². The third kappa shape index (κ3) is 2.76. The summed E-state index contributed by atoms with van der Waals surface area (Å²) in [6, 6.07) is 4.44. The lowest BCUT2D eigenvalue weighted by atomic mass is 10.0. The predicted molar refractivity (Wildman–Crippen MR) is 93.1 cm³/mol. The van der Waals surface area contributed by atoms with Crippen molar-refractivity contribution in [3.63, 3.8) is 0 Å². The van der Waals surface area contributed by atoms with Gasteiger partial charge in [0, 0.05) is 24.1 Å². The van der Waals surface area contributed by atoms with E-state index in [1.54, 1.807) is 0 Å². The fourth-order valence-corrected chi connectivity index (χ4v) is 3.69. The molecule has 1 fully saturated rings. The predicted octanol–water partition coefficient (Wildman–Crippen LogP) is 3.73. The minimum Gasteiger partial charge on any atom is -0.380 e. The Kier molecular flexibility index (Phi) is 4.44. The zero-order chi connectivity index (χ0) is 16.6. The number of nitrogens with zero attached hydrogens (tertiary/aromatic N) is 1. The Morgan fingerprint density at radius 2 is 2.04 bits per heavy atom. The number of nitrogens with one attached hydrogen (secondary N) is 1. The molecule has 1 saturated heterocycles. The number of rotatable bonds is 4. The molecule has 2 aromatic rings. The maximum atomic E-state index is 13.1. The summed E-state index contributed by atoms with van der Waals surface area (Å²) in [5.74, 6) is 0.111. The van der Waals surface area contributed by atoms with Crippen molar-refractivity contribution in [1.29, 1.82) is 0 Å². The highest BCUT2D eigenvalue weighted by atomic mass is 16.5. The van der Waals surface area contributed by atoms with Crippen LogP contribution in [0.1, 0.15) is 46.9 Å². The third-order valence-corrected chi connectivity index (χ3v) is 4.99. The average Bonchev–Trinajstić information content (AvgIpc) is 3.13. The van der Waals surface area contributed by atoms with Gasteiger partial charge in [0.2, 0.25) is 0 Å². The van der Waals surface area contributed by atoms with E-state index >= 15 is 0 Å². The molecule has 3 rings (SSSR count). The Morgan fingerprint density at radius 1 is 1.30 bits per heavy atom. The van der Waals surface area contributed by atoms with Gasteiger partial charge in [-0.2, -0.15) is 0 Å². The number of H-pyrrole nitrogens is 1. The van der Waals surface area contributed by atoms with Crippen LogP contribution in [0.25, 0.3) is 10.9 Å². The van der Waals surface area contributed by atoms with Crippen LogP contribution in [0.3, 0.4) is 0 Å². The van der Waals surface area contributed by atoms with Gasteiger partial charge in [-0.3, -0.25) is 4.79 Å². The van der Waals surface area contributed by atoms with Gasteiger partial charge in [0.25, 0.3) is 5.91 Å². The summed E-state index contributed by atoms with van der Waals surface area (Å²) in [7, 11) is 0. The van der Waals surface area contributed by atoms with E-state index in [4.69, 9.17) is 4.74 Å². The molecule has 124 valence electrons. The van der Waals surface area contributed by atoms with Crippen molar-refractivity contribution in [2.24, 2.45) is 0 Å². The van der Waals surface area contributed by atoms with Crippen molar-refractivity contribution < 1.29 is 9.53 Å². The highest BCUT2D eigenvalue weighted by Crippen LogP contribution is 2.30. The number of likely N-dealkylation sites (tertiary alicyclic amines) is 1. The second-order valence-corrected chi connectivity index (χ2v) is 6.53. The van der Waals surface area contributed by atoms with Crippen LogP contribution in [0.2, 0.25) is 0 Å². The van der Waals surface area contributed by atoms with Gasteiger partial charge in [-0.15, -0.1) is 0 Å². The molecule has 0 aliphatic carbocycles. The first-order valence-electron chi connectivity index (χ1n) is 8.51. The summed E-state index contributed by atoms with van der Waals surface area (Å²) in [5, 5.41) is 1.19. The monoisotopic (exact) mass is 314 g/mol. The van der Waals surface area contributed by atoms with E-state index in [0.29, 0.717) is 13.2 Å². The van der Waals surface area contributed by atoms with Gasteiger partial charge in [0.05, 0.1) is 12.6 Å². The smallest absolute Gasteiger partial charge is 0.270 e. The molecule has 1 unspecified atom stereocenters. The number of ether oxygens (including phenoxy) is 1. The Balaban J connectivity index is 1.96. The molecule has 1 aliphatic rings. The third-order valence-electron chi connectivity index (χ3n) is 4.99. The molecule has 0 saturated carbocycles. The van der Waals surface area contributed by atoms with E-state index in [1.165, 1.54) is 16.5 Å². The van der Waals surface area contributed by atoms with Crippen LogP contribution in [0, 0.1) is 20.8 Å². The first-order valence-corrected chi connectivity index (χ1v) is 8.51. The summed E-state index contributed by atoms with van der Waals surface area (Å²) < 4.78 is 5.56. The molecule has 0 bridgehead atoms. The van der Waals surface area contributed by atoms with Crippen LogP contribution in [-0.2, 0) is 4.74 Å². The van der Waals surface area contributed by atoms with Gasteiger partial charge in [0.15, 0.2) is 0 Å². The second kappa shape index (κ2) is 6.36. The lowest BCUT2D eigenvalue weighted by Crippen LogP contribution is -2.38. The number of amides is 1. The lowest BCUT2D eigenvalue weighted by molar-refractivity contribution is 0.0560. The molecule has 1 amide bonds. The number of aromatic nitrogens is 1. The minimum absolute atomic E-state index is 0.111. The fourth-order valence-electron chi connectivity index (χ4n) is 3.69. The van der Waals surface area contributed by atoms with Crippen LogP contribution in [0.15, 0.2) is 12.1 Å². The van der Waals surface area contributed by atoms with E-state index in [-0.39, 0.29) is 11.9 Å². The Labute approximate surface area is 137 Å². The first-order chi connectivity index (χ1) is 11.0. The van der Waals surface area contributed by atoms with Crippen LogP contribution >= 0.6 is 0 Å². The molecule has 0 spiro atoms. The molecule has 23 heavy (non-hydrogen) atoms. The highest BCUT2D eigenvalue weighted by Gasteiger charge is 2.31. The second-order valence-electron chi connectivity index (χ2n) is 6.53. The van der Waals surface area contributed by atoms with Crippen molar-refractivity contribution in [2.45, 2.75) is 46.6 Å². The number of fused-ring (bicyclic) bond motifs is 1. The van der Waals surface area contributed by atoms with Gasteiger partial charge in [-0.05, 0) is 57.2 Å². The molecule has 1 aromatic heterocycles. The summed E-state index contributed by atoms with van der Waals surface area (Å²) in [6.07, 6.45) is 2.09. The van der Waals surface area contributed by atoms with Crippen molar-refractivity contribution >= 4 is 16.8 Å². The number of hydrogen-bond donors (Lipinski definition) is 1. The Morgan fingerprint density at radius 3 is 2.74 bits per heavy atom. The summed E-state index contributed by atoms with van der Waals surface area (Å²) in [5.41, 5.74) is 5.28. The molecule has 1 atom stereocenters.